The number of aliphatic hydroxyl groups is 1. The van der Waals surface area contributed by atoms with Crippen LogP contribution in [-0.2, 0) is 11.8 Å². The van der Waals surface area contributed by atoms with Gasteiger partial charge in [-0.1, -0.05) is 6.07 Å². The Kier molecular flexibility index (Phi) is 3.33. The molecule has 2 N–H and O–H groups in total. The normalized spacial score (nSPS) is 39.5. The van der Waals surface area contributed by atoms with Crippen molar-refractivity contribution in [1.29, 1.82) is 0 Å². The zero-order valence-electron chi connectivity index (χ0n) is 16.4. The molecule has 2 bridgehead atoms. The lowest BCUT2D eigenvalue weighted by Crippen LogP contribution is -2.74. The highest BCUT2D eigenvalue weighted by atomic mass is 16.5. The van der Waals surface area contributed by atoms with Crippen LogP contribution in [0, 0.1) is 12.8 Å². The standard InChI is InChI=1S/C22H30N2O3/c1-13-9-15-10-16-22(25)5-7-23-11-17-21(22,6-8-24(16)12-14-3-4-14)18(15)20(27-17)19(13)26-2/h9,14,16-17,23,25H,3-8,10-12H2,1-2H3/t16-,17+,21-,22-/m1/s1. The van der Waals surface area contributed by atoms with Gasteiger partial charge in [-0.15, -0.1) is 0 Å². The number of piperidine rings is 1. The Morgan fingerprint density at radius 2 is 2.22 bits per heavy atom. The lowest BCUT2D eigenvalue weighted by molar-refractivity contribution is -0.162. The molecule has 4 atom stereocenters. The second kappa shape index (κ2) is 5.40. The maximum atomic E-state index is 12.3. The molecule has 1 aromatic rings. The number of aryl methyl sites for hydroxylation is 1. The van der Waals surface area contributed by atoms with E-state index in [-0.39, 0.29) is 17.6 Å². The van der Waals surface area contributed by atoms with Crippen molar-refractivity contribution >= 4 is 0 Å². The minimum Gasteiger partial charge on any atom is -0.493 e. The van der Waals surface area contributed by atoms with Crippen LogP contribution < -0.4 is 14.8 Å². The molecule has 1 saturated carbocycles. The van der Waals surface area contributed by atoms with Gasteiger partial charge in [0.15, 0.2) is 11.5 Å². The van der Waals surface area contributed by atoms with Crippen LogP contribution in [0.4, 0.5) is 0 Å². The Morgan fingerprint density at radius 1 is 1.37 bits per heavy atom. The summed E-state index contributed by atoms with van der Waals surface area (Å²) in [5, 5.41) is 15.9. The lowest BCUT2D eigenvalue weighted by atomic mass is 9.52. The molecule has 5 nitrogen and oxygen atoms in total. The zero-order valence-corrected chi connectivity index (χ0v) is 16.4. The zero-order chi connectivity index (χ0) is 18.4. The topological polar surface area (TPSA) is 54.0 Å². The van der Waals surface area contributed by atoms with Crippen molar-refractivity contribution < 1.29 is 14.6 Å². The van der Waals surface area contributed by atoms with E-state index in [4.69, 9.17) is 9.47 Å². The summed E-state index contributed by atoms with van der Waals surface area (Å²) >= 11 is 0. The van der Waals surface area contributed by atoms with Crippen molar-refractivity contribution in [2.45, 2.75) is 62.2 Å². The predicted octanol–water partition coefficient (Wildman–Crippen LogP) is 1.77. The van der Waals surface area contributed by atoms with E-state index in [0.29, 0.717) is 0 Å². The van der Waals surface area contributed by atoms with Gasteiger partial charge in [0, 0.05) is 24.7 Å². The summed E-state index contributed by atoms with van der Waals surface area (Å²) in [7, 11) is 1.73. The smallest absolute Gasteiger partial charge is 0.166 e. The third-order valence-corrected chi connectivity index (χ3v) is 8.14. The van der Waals surface area contributed by atoms with Gasteiger partial charge in [-0.25, -0.2) is 0 Å². The Bertz CT molecular complexity index is 807. The van der Waals surface area contributed by atoms with Crippen LogP contribution in [0.3, 0.4) is 0 Å². The second-order valence-corrected chi connectivity index (χ2v) is 9.45. The van der Waals surface area contributed by atoms with Crippen molar-refractivity contribution in [2.24, 2.45) is 5.92 Å². The minimum absolute atomic E-state index is 0.0136. The first-order chi connectivity index (χ1) is 13.1. The Hall–Kier alpha value is -1.30. The van der Waals surface area contributed by atoms with E-state index < -0.39 is 5.60 Å². The number of hydrogen-bond acceptors (Lipinski definition) is 5. The van der Waals surface area contributed by atoms with Gasteiger partial charge in [0.05, 0.1) is 18.1 Å². The molecule has 3 heterocycles. The summed E-state index contributed by atoms with van der Waals surface area (Å²) in [5.74, 6) is 2.61. The molecule has 3 aliphatic heterocycles. The molecule has 3 fully saturated rings. The summed E-state index contributed by atoms with van der Waals surface area (Å²) in [5.41, 5.74) is 2.76. The number of benzene rings is 1. The molecule has 0 aromatic heterocycles. The van der Waals surface area contributed by atoms with Crippen molar-refractivity contribution in [2.75, 3.05) is 33.3 Å². The molecule has 0 unspecified atom stereocenters. The van der Waals surface area contributed by atoms with E-state index in [1.165, 1.54) is 24.0 Å². The molecule has 1 aromatic carbocycles. The van der Waals surface area contributed by atoms with Crippen LogP contribution in [0.1, 0.15) is 42.4 Å². The highest BCUT2D eigenvalue weighted by Crippen LogP contribution is 2.63. The minimum atomic E-state index is -0.729. The van der Waals surface area contributed by atoms with E-state index in [2.05, 4.69) is 23.2 Å². The molecule has 146 valence electrons. The first-order valence-electron chi connectivity index (χ1n) is 10.6. The second-order valence-electron chi connectivity index (χ2n) is 9.45. The van der Waals surface area contributed by atoms with Crippen LogP contribution in [0.15, 0.2) is 6.07 Å². The molecular weight excluding hydrogens is 340 g/mol. The summed E-state index contributed by atoms with van der Waals surface area (Å²) in [6.07, 6.45) is 5.40. The number of hydrogen-bond donors (Lipinski definition) is 2. The maximum absolute atomic E-state index is 12.3. The number of rotatable bonds is 3. The van der Waals surface area contributed by atoms with Crippen molar-refractivity contribution in [3.63, 3.8) is 0 Å². The highest BCUT2D eigenvalue weighted by molar-refractivity contribution is 5.65. The number of likely N-dealkylation sites (tertiary alicyclic amines) is 1. The van der Waals surface area contributed by atoms with E-state index >= 15 is 0 Å². The van der Waals surface area contributed by atoms with Gasteiger partial charge in [0.25, 0.3) is 0 Å². The Labute approximate surface area is 161 Å². The molecule has 6 rings (SSSR count). The summed E-state index contributed by atoms with van der Waals surface area (Å²) in [4.78, 5) is 2.62. The fourth-order valence-corrected chi connectivity index (χ4v) is 6.80. The van der Waals surface area contributed by atoms with Gasteiger partial charge in [-0.3, -0.25) is 4.90 Å². The van der Waals surface area contributed by atoms with Crippen LogP contribution in [0.5, 0.6) is 11.5 Å². The number of nitrogens with one attached hydrogen (secondary N) is 1. The van der Waals surface area contributed by atoms with E-state index in [0.717, 1.165) is 68.4 Å². The maximum Gasteiger partial charge on any atom is 0.166 e. The van der Waals surface area contributed by atoms with Crippen molar-refractivity contribution in [3.8, 4) is 11.5 Å². The average Bonchev–Trinajstić information content (AvgIpc) is 3.41. The van der Waals surface area contributed by atoms with Crippen LogP contribution in [0.25, 0.3) is 0 Å². The lowest BCUT2D eigenvalue weighted by Gasteiger charge is -2.60. The van der Waals surface area contributed by atoms with Gasteiger partial charge in [0.1, 0.15) is 6.10 Å². The first kappa shape index (κ1) is 16.6. The molecule has 1 spiro atoms. The fraction of sp³-hybridized carbons (Fsp3) is 0.727. The molecule has 5 aliphatic rings. The van der Waals surface area contributed by atoms with Crippen molar-refractivity contribution in [1.82, 2.24) is 10.2 Å². The number of methoxy groups -OCH3 is 1. The van der Waals surface area contributed by atoms with Gasteiger partial charge >= 0.3 is 0 Å². The van der Waals surface area contributed by atoms with E-state index in [1.807, 2.05) is 0 Å². The first-order valence-corrected chi connectivity index (χ1v) is 10.6. The predicted molar refractivity (Wildman–Crippen MR) is 103 cm³/mol. The van der Waals surface area contributed by atoms with Crippen LogP contribution in [-0.4, -0.2) is 61.0 Å². The largest absolute Gasteiger partial charge is 0.493 e. The summed E-state index contributed by atoms with van der Waals surface area (Å²) in [6.45, 7) is 5.99. The monoisotopic (exact) mass is 370 g/mol. The molecule has 2 saturated heterocycles. The SMILES string of the molecule is COc1c(C)cc2c3c1O[C@H]1CNCC[C@@]4(O)[C@@H](C2)N(CC2CC2)CC[C@]314. The van der Waals surface area contributed by atoms with Crippen LogP contribution >= 0.6 is 0 Å². The Balaban J connectivity index is 1.58. The van der Waals surface area contributed by atoms with Crippen molar-refractivity contribution in [3.05, 3.63) is 22.8 Å². The third kappa shape index (κ3) is 1.95. The molecule has 0 amide bonds. The van der Waals surface area contributed by atoms with E-state index in [9.17, 15) is 5.11 Å². The van der Waals surface area contributed by atoms with Crippen LogP contribution in [0.2, 0.25) is 0 Å². The van der Waals surface area contributed by atoms with Gasteiger partial charge in [-0.05, 0) is 69.2 Å². The molecule has 5 heteroatoms. The number of nitrogens with zero attached hydrogens (tertiary/aromatic N) is 1. The molecular formula is C22H30N2O3. The Morgan fingerprint density at radius 3 is 3.00 bits per heavy atom. The molecule has 0 radical (unpaired) electrons. The molecule has 27 heavy (non-hydrogen) atoms. The van der Waals surface area contributed by atoms with Gasteiger partial charge in [0.2, 0.25) is 0 Å². The summed E-state index contributed by atoms with van der Waals surface area (Å²) < 4.78 is 12.3. The average molecular weight is 370 g/mol. The molecule has 2 aliphatic carbocycles. The quantitative estimate of drug-likeness (QED) is 0.849. The third-order valence-electron chi connectivity index (χ3n) is 8.14. The highest BCUT2D eigenvalue weighted by Gasteiger charge is 2.70. The van der Waals surface area contributed by atoms with Gasteiger partial charge in [-0.2, -0.15) is 0 Å². The summed E-state index contributed by atoms with van der Waals surface area (Å²) in [6, 6.07) is 2.50. The van der Waals surface area contributed by atoms with E-state index in [1.54, 1.807) is 7.11 Å². The van der Waals surface area contributed by atoms with Gasteiger partial charge < -0.3 is 19.9 Å². The number of ether oxygens (including phenoxy) is 2. The fourth-order valence-electron chi connectivity index (χ4n) is 6.80.